The topological polar surface area (TPSA) is 21.3 Å². The highest BCUT2D eigenvalue weighted by molar-refractivity contribution is 4.70. The van der Waals surface area contributed by atoms with E-state index in [9.17, 15) is 0 Å². The summed E-state index contributed by atoms with van der Waals surface area (Å²) in [7, 11) is 0. The Morgan fingerprint density at radius 2 is 1.82 bits per heavy atom. The van der Waals surface area contributed by atoms with Gasteiger partial charge in [-0.1, -0.05) is 19.3 Å². The summed E-state index contributed by atoms with van der Waals surface area (Å²) < 4.78 is 5.67. The average molecular weight is 241 g/mol. The lowest BCUT2D eigenvalue weighted by atomic mass is 9.83. The molecule has 1 fully saturated rings. The SMILES string of the molecule is CC(C)(C)NCCCCCOCCC1CCC1. The van der Waals surface area contributed by atoms with Gasteiger partial charge in [-0.05, 0) is 58.9 Å². The van der Waals surface area contributed by atoms with Crippen LogP contribution in [0, 0.1) is 5.92 Å². The zero-order chi connectivity index (χ0) is 12.6. The smallest absolute Gasteiger partial charge is 0.0468 e. The zero-order valence-corrected chi connectivity index (χ0v) is 12.1. The number of nitrogens with one attached hydrogen (secondary N) is 1. The molecular weight excluding hydrogens is 210 g/mol. The molecule has 1 saturated carbocycles. The van der Waals surface area contributed by atoms with Crippen molar-refractivity contribution in [2.24, 2.45) is 5.92 Å². The van der Waals surface area contributed by atoms with Crippen molar-refractivity contribution in [2.45, 2.75) is 71.3 Å². The summed E-state index contributed by atoms with van der Waals surface area (Å²) in [6, 6.07) is 0. The molecule has 0 atom stereocenters. The first kappa shape index (κ1) is 15.0. The van der Waals surface area contributed by atoms with Gasteiger partial charge in [0.15, 0.2) is 0 Å². The Morgan fingerprint density at radius 1 is 1.06 bits per heavy atom. The van der Waals surface area contributed by atoms with E-state index in [0.717, 1.165) is 25.7 Å². The molecule has 0 saturated heterocycles. The van der Waals surface area contributed by atoms with Crippen LogP contribution in [0.1, 0.15) is 65.7 Å². The Kier molecular flexibility index (Phi) is 7.14. The van der Waals surface area contributed by atoms with Crippen molar-refractivity contribution in [2.75, 3.05) is 19.8 Å². The molecule has 0 aromatic heterocycles. The maximum atomic E-state index is 5.67. The van der Waals surface area contributed by atoms with Crippen LogP contribution in [0.5, 0.6) is 0 Å². The van der Waals surface area contributed by atoms with Gasteiger partial charge in [-0.25, -0.2) is 0 Å². The molecule has 0 radical (unpaired) electrons. The van der Waals surface area contributed by atoms with E-state index in [-0.39, 0.29) is 5.54 Å². The Balaban J connectivity index is 1.72. The third-order valence-electron chi connectivity index (χ3n) is 3.52. The maximum Gasteiger partial charge on any atom is 0.0468 e. The molecule has 0 spiro atoms. The highest BCUT2D eigenvalue weighted by atomic mass is 16.5. The van der Waals surface area contributed by atoms with E-state index in [2.05, 4.69) is 26.1 Å². The molecule has 0 bridgehead atoms. The van der Waals surface area contributed by atoms with Crippen molar-refractivity contribution in [3.05, 3.63) is 0 Å². The van der Waals surface area contributed by atoms with Crippen LogP contribution in [0.2, 0.25) is 0 Å². The summed E-state index contributed by atoms with van der Waals surface area (Å²) in [6.07, 6.45) is 9.41. The lowest BCUT2D eigenvalue weighted by Crippen LogP contribution is -2.36. The third kappa shape index (κ3) is 8.62. The van der Waals surface area contributed by atoms with Gasteiger partial charge in [-0.15, -0.1) is 0 Å². The normalized spacial score (nSPS) is 17.1. The van der Waals surface area contributed by atoms with E-state index < -0.39 is 0 Å². The van der Waals surface area contributed by atoms with Crippen molar-refractivity contribution in [3.8, 4) is 0 Å². The van der Waals surface area contributed by atoms with Gasteiger partial charge in [-0.2, -0.15) is 0 Å². The van der Waals surface area contributed by atoms with E-state index in [1.54, 1.807) is 0 Å². The predicted molar refractivity (Wildman–Crippen MR) is 74.4 cm³/mol. The first-order valence-corrected chi connectivity index (χ1v) is 7.41. The van der Waals surface area contributed by atoms with E-state index in [4.69, 9.17) is 4.74 Å². The van der Waals surface area contributed by atoms with Gasteiger partial charge in [0.1, 0.15) is 0 Å². The highest BCUT2D eigenvalue weighted by Crippen LogP contribution is 2.29. The molecule has 102 valence electrons. The van der Waals surface area contributed by atoms with Crippen molar-refractivity contribution < 1.29 is 4.74 Å². The number of ether oxygens (including phenoxy) is 1. The van der Waals surface area contributed by atoms with Crippen LogP contribution in [0.4, 0.5) is 0 Å². The number of hydrogen-bond acceptors (Lipinski definition) is 2. The molecule has 1 rings (SSSR count). The minimum Gasteiger partial charge on any atom is -0.381 e. The van der Waals surface area contributed by atoms with Gasteiger partial charge in [0.25, 0.3) is 0 Å². The van der Waals surface area contributed by atoms with Crippen LogP contribution >= 0.6 is 0 Å². The van der Waals surface area contributed by atoms with Crippen LogP contribution < -0.4 is 5.32 Å². The zero-order valence-electron chi connectivity index (χ0n) is 12.1. The molecule has 2 heteroatoms. The summed E-state index contributed by atoms with van der Waals surface area (Å²) in [5.74, 6) is 0.992. The van der Waals surface area contributed by atoms with Crippen LogP contribution in [0.25, 0.3) is 0 Å². The maximum absolute atomic E-state index is 5.67. The summed E-state index contributed by atoms with van der Waals surface area (Å²) in [5.41, 5.74) is 0.263. The summed E-state index contributed by atoms with van der Waals surface area (Å²) in [4.78, 5) is 0. The Morgan fingerprint density at radius 3 is 2.41 bits per heavy atom. The predicted octanol–water partition coefficient (Wildman–Crippen LogP) is 3.75. The molecule has 0 aromatic carbocycles. The fourth-order valence-corrected chi connectivity index (χ4v) is 2.10. The van der Waals surface area contributed by atoms with E-state index in [1.807, 2.05) is 0 Å². The quantitative estimate of drug-likeness (QED) is 0.621. The van der Waals surface area contributed by atoms with E-state index >= 15 is 0 Å². The first-order valence-electron chi connectivity index (χ1n) is 7.41. The summed E-state index contributed by atoms with van der Waals surface area (Å²) in [6.45, 7) is 9.74. The fourth-order valence-electron chi connectivity index (χ4n) is 2.10. The fraction of sp³-hybridized carbons (Fsp3) is 1.00. The standard InChI is InChI=1S/C15H31NO/c1-15(2,3)16-11-5-4-6-12-17-13-10-14-8-7-9-14/h14,16H,4-13H2,1-3H3. The van der Waals surface area contributed by atoms with Gasteiger partial charge in [0, 0.05) is 18.8 Å². The van der Waals surface area contributed by atoms with Crippen molar-refractivity contribution in [3.63, 3.8) is 0 Å². The summed E-state index contributed by atoms with van der Waals surface area (Å²) in [5, 5.41) is 3.51. The largest absolute Gasteiger partial charge is 0.381 e. The molecule has 1 aliphatic rings. The van der Waals surface area contributed by atoms with Crippen LogP contribution in [-0.4, -0.2) is 25.3 Å². The minimum atomic E-state index is 0.263. The molecule has 1 aliphatic carbocycles. The van der Waals surface area contributed by atoms with Crippen LogP contribution in [0.15, 0.2) is 0 Å². The molecule has 0 aliphatic heterocycles. The highest BCUT2D eigenvalue weighted by Gasteiger charge is 2.16. The Bertz CT molecular complexity index is 182. The first-order chi connectivity index (χ1) is 8.08. The van der Waals surface area contributed by atoms with Crippen LogP contribution in [-0.2, 0) is 4.74 Å². The van der Waals surface area contributed by atoms with E-state index in [1.165, 1.54) is 44.9 Å². The van der Waals surface area contributed by atoms with Crippen molar-refractivity contribution >= 4 is 0 Å². The second-order valence-electron chi connectivity index (χ2n) is 6.44. The second-order valence-corrected chi connectivity index (χ2v) is 6.44. The second kappa shape index (κ2) is 8.10. The molecule has 17 heavy (non-hydrogen) atoms. The summed E-state index contributed by atoms with van der Waals surface area (Å²) >= 11 is 0. The molecule has 0 heterocycles. The van der Waals surface area contributed by atoms with Crippen molar-refractivity contribution in [1.29, 1.82) is 0 Å². The number of unbranched alkanes of at least 4 members (excludes halogenated alkanes) is 2. The molecule has 0 amide bonds. The minimum absolute atomic E-state index is 0.263. The number of rotatable bonds is 9. The Hall–Kier alpha value is -0.0800. The van der Waals surface area contributed by atoms with Crippen molar-refractivity contribution in [1.82, 2.24) is 5.32 Å². The van der Waals surface area contributed by atoms with Crippen LogP contribution in [0.3, 0.4) is 0 Å². The number of hydrogen-bond donors (Lipinski definition) is 1. The van der Waals surface area contributed by atoms with Gasteiger partial charge >= 0.3 is 0 Å². The molecule has 1 N–H and O–H groups in total. The van der Waals surface area contributed by atoms with Gasteiger partial charge in [0.2, 0.25) is 0 Å². The molecular formula is C15H31NO. The lowest BCUT2D eigenvalue weighted by Gasteiger charge is -2.24. The lowest BCUT2D eigenvalue weighted by molar-refractivity contribution is 0.103. The third-order valence-corrected chi connectivity index (χ3v) is 3.52. The molecule has 2 nitrogen and oxygen atoms in total. The average Bonchev–Trinajstić information content (AvgIpc) is 2.16. The Labute approximate surface area is 108 Å². The van der Waals surface area contributed by atoms with Gasteiger partial charge in [0.05, 0.1) is 0 Å². The molecule has 0 aromatic rings. The van der Waals surface area contributed by atoms with Gasteiger partial charge in [-0.3, -0.25) is 0 Å². The van der Waals surface area contributed by atoms with Gasteiger partial charge < -0.3 is 10.1 Å². The monoisotopic (exact) mass is 241 g/mol. The molecule has 0 unspecified atom stereocenters. The van der Waals surface area contributed by atoms with E-state index in [0.29, 0.717) is 0 Å².